The molecule has 5 rings (SSSR count). The Labute approximate surface area is 141 Å². The van der Waals surface area contributed by atoms with E-state index in [0.29, 0.717) is 0 Å². The van der Waals surface area contributed by atoms with Crippen molar-refractivity contribution in [1.29, 1.82) is 0 Å². The van der Waals surface area contributed by atoms with Gasteiger partial charge in [0.05, 0.1) is 11.7 Å². The number of aromatic nitrogens is 1. The minimum absolute atomic E-state index is 0.0154. The number of hydrogen-bond acceptors (Lipinski definition) is 3. The first-order valence-corrected chi connectivity index (χ1v) is 8.79. The van der Waals surface area contributed by atoms with Crippen molar-refractivity contribution < 1.29 is 9.32 Å². The highest BCUT2D eigenvalue weighted by molar-refractivity contribution is 5.96. The van der Waals surface area contributed by atoms with Crippen LogP contribution in [0.4, 0.5) is 10.5 Å². The molecule has 1 spiro atoms. The number of anilines is 1. The fraction of sp³-hybridized carbons (Fsp3) is 0.474. The first kappa shape index (κ1) is 14.1. The van der Waals surface area contributed by atoms with Gasteiger partial charge in [-0.1, -0.05) is 23.4 Å². The Morgan fingerprint density at radius 1 is 1.33 bits per heavy atom. The summed E-state index contributed by atoms with van der Waals surface area (Å²) in [6.07, 6.45) is 4.34. The monoisotopic (exact) mass is 323 g/mol. The molecule has 1 saturated carbocycles. The third-order valence-electron chi connectivity index (χ3n) is 5.78. The molecule has 2 fully saturated rings. The third-order valence-corrected chi connectivity index (χ3v) is 5.78. The second-order valence-electron chi connectivity index (χ2n) is 7.39. The molecule has 0 radical (unpaired) electrons. The zero-order valence-corrected chi connectivity index (χ0v) is 13.9. The molecule has 2 aliphatic heterocycles. The molecule has 2 aromatic rings. The summed E-state index contributed by atoms with van der Waals surface area (Å²) < 4.78 is 5.45. The van der Waals surface area contributed by atoms with E-state index >= 15 is 0 Å². The molecule has 124 valence electrons. The molecule has 1 aromatic heterocycles. The lowest BCUT2D eigenvalue weighted by atomic mass is 9.99. The van der Waals surface area contributed by atoms with Crippen molar-refractivity contribution in [2.75, 3.05) is 18.0 Å². The Morgan fingerprint density at radius 3 is 2.92 bits per heavy atom. The first-order chi connectivity index (χ1) is 11.7. The normalized spacial score (nSPS) is 23.8. The van der Waals surface area contributed by atoms with Crippen LogP contribution in [0.3, 0.4) is 0 Å². The van der Waals surface area contributed by atoms with Gasteiger partial charge in [-0.25, -0.2) is 4.79 Å². The van der Waals surface area contributed by atoms with Crippen molar-refractivity contribution in [2.45, 2.75) is 44.1 Å². The van der Waals surface area contributed by atoms with Gasteiger partial charge in [-0.2, -0.15) is 0 Å². The summed E-state index contributed by atoms with van der Waals surface area (Å²) in [4.78, 5) is 17.3. The fourth-order valence-corrected chi connectivity index (χ4v) is 4.37. The molecule has 0 N–H and O–H groups in total. The van der Waals surface area contributed by atoms with Crippen molar-refractivity contribution in [3.63, 3.8) is 0 Å². The molecule has 3 aliphatic rings. The largest absolute Gasteiger partial charge is 0.359 e. The summed E-state index contributed by atoms with van der Waals surface area (Å²) in [6, 6.07) is 10.5. The van der Waals surface area contributed by atoms with Crippen LogP contribution in [0.5, 0.6) is 0 Å². The Bertz CT molecular complexity index is 808. The van der Waals surface area contributed by atoms with Gasteiger partial charge in [-0.15, -0.1) is 0 Å². The second kappa shape index (κ2) is 4.85. The zero-order valence-electron chi connectivity index (χ0n) is 13.9. The van der Waals surface area contributed by atoms with Gasteiger partial charge in [0.15, 0.2) is 5.76 Å². The molecule has 0 bridgehead atoms. The number of nitrogens with zero attached hydrogens (tertiary/aromatic N) is 3. The summed E-state index contributed by atoms with van der Waals surface area (Å²) in [5.74, 6) is 0.812. The van der Waals surface area contributed by atoms with E-state index < -0.39 is 0 Å². The number of urea groups is 1. The van der Waals surface area contributed by atoms with E-state index in [0.717, 1.165) is 43.1 Å². The van der Waals surface area contributed by atoms with Crippen molar-refractivity contribution >= 4 is 11.7 Å². The van der Waals surface area contributed by atoms with Crippen molar-refractivity contribution in [2.24, 2.45) is 0 Å². The van der Waals surface area contributed by atoms with Crippen LogP contribution >= 0.6 is 0 Å². The predicted molar refractivity (Wildman–Crippen MR) is 90.0 cm³/mol. The number of hydrogen-bond donors (Lipinski definition) is 0. The number of amides is 2. The number of aryl methyl sites for hydroxylation is 1. The van der Waals surface area contributed by atoms with Crippen LogP contribution in [0.25, 0.3) is 0 Å². The average Bonchev–Trinajstić information content (AvgIpc) is 2.94. The van der Waals surface area contributed by atoms with E-state index in [2.05, 4.69) is 23.4 Å². The topological polar surface area (TPSA) is 49.6 Å². The number of benzene rings is 1. The van der Waals surface area contributed by atoms with E-state index in [-0.39, 0.29) is 17.5 Å². The van der Waals surface area contributed by atoms with Crippen LogP contribution in [0, 0.1) is 6.92 Å². The van der Waals surface area contributed by atoms with Gasteiger partial charge in [-0.05, 0) is 44.2 Å². The van der Waals surface area contributed by atoms with Crippen LogP contribution in [0.2, 0.25) is 0 Å². The number of fused-ring (bicyclic) bond motifs is 2. The van der Waals surface area contributed by atoms with Gasteiger partial charge in [0.1, 0.15) is 0 Å². The molecular formula is C19H21N3O2. The molecule has 1 unspecified atom stereocenters. The van der Waals surface area contributed by atoms with Gasteiger partial charge in [0, 0.05) is 30.3 Å². The third kappa shape index (κ3) is 1.93. The predicted octanol–water partition coefficient (Wildman–Crippen LogP) is 3.79. The quantitative estimate of drug-likeness (QED) is 0.802. The fourth-order valence-electron chi connectivity index (χ4n) is 4.37. The smallest absolute Gasteiger partial charge is 0.325 e. The highest BCUT2D eigenvalue weighted by Crippen LogP contribution is 2.56. The Balaban J connectivity index is 1.46. The molecule has 1 aliphatic carbocycles. The number of rotatable bonds is 1. The molecule has 24 heavy (non-hydrogen) atoms. The average molecular weight is 323 g/mol. The van der Waals surface area contributed by atoms with Gasteiger partial charge in [-0.3, -0.25) is 4.90 Å². The van der Waals surface area contributed by atoms with Crippen LogP contribution < -0.4 is 4.90 Å². The summed E-state index contributed by atoms with van der Waals surface area (Å²) >= 11 is 0. The first-order valence-electron chi connectivity index (χ1n) is 8.79. The maximum Gasteiger partial charge on any atom is 0.325 e. The maximum absolute atomic E-state index is 13.3. The van der Waals surface area contributed by atoms with Crippen LogP contribution in [0.1, 0.15) is 48.7 Å². The number of carbonyl (C=O) groups is 1. The van der Waals surface area contributed by atoms with E-state index in [9.17, 15) is 4.79 Å². The molecule has 3 heterocycles. The highest BCUT2D eigenvalue weighted by atomic mass is 16.5. The number of likely N-dealkylation sites (tertiary alicyclic amines) is 1. The summed E-state index contributed by atoms with van der Waals surface area (Å²) in [6.45, 7) is 3.53. The summed E-state index contributed by atoms with van der Waals surface area (Å²) in [7, 11) is 0. The lowest BCUT2D eigenvalue weighted by molar-refractivity contribution is 0.189. The van der Waals surface area contributed by atoms with E-state index in [4.69, 9.17) is 4.52 Å². The van der Waals surface area contributed by atoms with E-state index in [1.54, 1.807) is 0 Å². The highest BCUT2D eigenvalue weighted by Gasteiger charge is 2.53. The van der Waals surface area contributed by atoms with Gasteiger partial charge in [0.25, 0.3) is 0 Å². The second-order valence-corrected chi connectivity index (χ2v) is 7.39. The molecular weight excluding hydrogens is 302 g/mol. The van der Waals surface area contributed by atoms with E-state index in [1.807, 2.05) is 28.9 Å². The Hall–Kier alpha value is -2.30. The van der Waals surface area contributed by atoms with E-state index in [1.165, 1.54) is 18.4 Å². The Kier molecular flexibility index (Phi) is 2.84. The van der Waals surface area contributed by atoms with Crippen LogP contribution in [-0.4, -0.2) is 29.2 Å². The van der Waals surface area contributed by atoms with Gasteiger partial charge < -0.3 is 9.42 Å². The Morgan fingerprint density at radius 2 is 2.17 bits per heavy atom. The van der Waals surface area contributed by atoms with Crippen LogP contribution in [0.15, 0.2) is 34.9 Å². The van der Waals surface area contributed by atoms with Crippen molar-refractivity contribution in [1.82, 2.24) is 10.1 Å². The zero-order chi connectivity index (χ0) is 16.3. The molecule has 1 aromatic carbocycles. The summed E-state index contributed by atoms with van der Waals surface area (Å²) in [5.41, 5.74) is 3.54. The molecule has 1 saturated heterocycles. The van der Waals surface area contributed by atoms with Gasteiger partial charge in [0.2, 0.25) is 0 Å². The number of carbonyl (C=O) groups excluding carboxylic acids is 1. The SMILES string of the molecule is Cc1cc(C2CCCN2C(=O)N2CC3(CC3)c3ccccc32)on1. The lowest BCUT2D eigenvalue weighted by Gasteiger charge is -2.29. The van der Waals surface area contributed by atoms with Crippen molar-refractivity contribution in [3.05, 3.63) is 47.3 Å². The molecule has 1 atom stereocenters. The molecule has 5 nitrogen and oxygen atoms in total. The number of para-hydroxylation sites is 1. The maximum atomic E-state index is 13.3. The lowest BCUT2D eigenvalue weighted by Crippen LogP contribution is -2.43. The standard InChI is InChI=1S/C19H21N3O2/c1-13-11-17(24-20-13)16-7-4-10-21(16)18(23)22-12-19(8-9-19)14-5-2-3-6-15(14)22/h2-3,5-6,11,16H,4,7-10,12H2,1H3. The minimum atomic E-state index is 0.0154. The minimum Gasteiger partial charge on any atom is -0.359 e. The summed E-state index contributed by atoms with van der Waals surface area (Å²) in [5, 5.41) is 3.99. The van der Waals surface area contributed by atoms with Crippen LogP contribution in [-0.2, 0) is 5.41 Å². The van der Waals surface area contributed by atoms with Gasteiger partial charge >= 0.3 is 6.03 Å². The molecule has 2 amide bonds. The van der Waals surface area contributed by atoms with Crippen molar-refractivity contribution in [3.8, 4) is 0 Å². The molecule has 5 heteroatoms.